The number of benzene rings is 1. The van der Waals surface area contributed by atoms with Crippen molar-refractivity contribution in [1.29, 1.82) is 0 Å². The number of hydrogen-bond donors (Lipinski definition) is 0. The summed E-state index contributed by atoms with van der Waals surface area (Å²) in [6.07, 6.45) is 6.40. The van der Waals surface area contributed by atoms with Crippen LogP contribution in [0.15, 0.2) is 67.1 Å². The molecule has 3 aromatic rings. The first kappa shape index (κ1) is 18.3. The zero-order valence-electron chi connectivity index (χ0n) is 11.9. The molecule has 110 valence electrons. The third-order valence-corrected chi connectivity index (χ3v) is 3.49. The van der Waals surface area contributed by atoms with Crippen LogP contribution in [0.2, 0.25) is 0 Å². The monoisotopic (exact) mass is 504 g/mol. The summed E-state index contributed by atoms with van der Waals surface area (Å²) in [4.78, 5) is 0. The average Bonchev–Trinajstić information content (AvgIpc) is 2.49. The lowest BCUT2D eigenvalue weighted by Crippen LogP contribution is -3.00. The second-order valence-electron chi connectivity index (χ2n) is 4.69. The van der Waals surface area contributed by atoms with E-state index in [0.717, 1.165) is 13.1 Å². The fraction of sp³-hybridized carbons (Fsp3) is 0.176. The molecule has 3 rings (SSSR count). The van der Waals surface area contributed by atoms with E-state index in [-0.39, 0.29) is 48.0 Å². The lowest BCUT2D eigenvalue weighted by atomic mass is 10.1. The molecule has 0 amide bonds. The van der Waals surface area contributed by atoms with Crippen molar-refractivity contribution in [2.24, 2.45) is 0 Å². The number of aromatic nitrogens is 2. The minimum Gasteiger partial charge on any atom is -1.00 e. The minimum atomic E-state index is 0. The molecule has 0 saturated carbocycles. The van der Waals surface area contributed by atoms with Crippen LogP contribution >= 0.6 is 0 Å². The summed E-state index contributed by atoms with van der Waals surface area (Å²) >= 11 is 0. The van der Waals surface area contributed by atoms with Gasteiger partial charge in [-0.2, -0.15) is 4.57 Å². The molecule has 0 unspecified atom stereocenters. The molecule has 0 aliphatic carbocycles. The van der Waals surface area contributed by atoms with Crippen LogP contribution in [0.3, 0.4) is 0 Å². The Bertz CT molecular complexity index is 699. The van der Waals surface area contributed by atoms with Gasteiger partial charge in [-0.05, 0) is 13.0 Å². The molecule has 1 aromatic carbocycles. The van der Waals surface area contributed by atoms with Crippen LogP contribution in [-0.2, 0) is 13.1 Å². The lowest BCUT2D eigenvalue weighted by Gasteiger charge is -2.03. The van der Waals surface area contributed by atoms with Gasteiger partial charge in [0, 0.05) is 29.8 Å². The van der Waals surface area contributed by atoms with Gasteiger partial charge in [0.2, 0.25) is 5.52 Å². The zero-order chi connectivity index (χ0) is 13.1. The molecule has 0 aliphatic heterocycles. The van der Waals surface area contributed by atoms with Crippen LogP contribution in [0.4, 0.5) is 0 Å². The normalized spacial score (nSPS) is 9.76. The molecule has 0 fully saturated rings. The topological polar surface area (TPSA) is 7.76 Å². The molecule has 0 aliphatic rings. The summed E-state index contributed by atoms with van der Waals surface area (Å²) in [5.74, 6) is 0. The number of fused-ring (bicyclic) bond motifs is 1. The van der Waals surface area contributed by atoms with Gasteiger partial charge in [-0.3, -0.25) is 0 Å². The molecule has 0 radical (unpaired) electrons. The van der Waals surface area contributed by atoms with Crippen molar-refractivity contribution in [3.8, 4) is 0 Å². The Hall–Kier alpha value is -0.760. The maximum absolute atomic E-state index is 2.29. The van der Waals surface area contributed by atoms with Crippen molar-refractivity contribution in [3.63, 3.8) is 0 Å². The van der Waals surface area contributed by atoms with E-state index in [1.54, 1.807) is 0 Å². The molecule has 21 heavy (non-hydrogen) atoms. The van der Waals surface area contributed by atoms with Crippen LogP contribution in [0.25, 0.3) is 10.9 Å². The van der Waals surface area contributed by atoms with E-state index in [2.05, 4.69) is 77.1 Å². The van der Waals surface area contributed by atoms with Crippen LogP contribution in [0, 0.1) is 0 Å². The van der Waals surface area contributed by atoms with Gasteiger partial charge < -0.3 is 48.0 Å². The van der Waals surface area contributed by atoms with Gasteiger partial charge in [0.05, 0.1) is 5.39 Å². The van der Waals surface area contributed by atoms with E-state index in [1.807, 2.05) is 6.07 Å². The van der Waals surface area contributed by atoms with Crippen LogP contribution in [0.1, 0.15) is 12.5 Å². The molecular formula is C17H18I2N2. The second kappa shape index (κ2) is 8.63. The highest BCUT2D eigenvalue weighted by atomic mass is 127. The van der Waals surface area contributed by atoms with E-state index in [4.69, 9.17) is 0 Å². The van der Waals surface area contributed by atoms with Gasteiger partial charge in [0.25, 0.3) is 0 Å². The van der Waals surface area contributed by atoms with Gasteiger partial charge in [-0.1, -0.05) is 18.2 Å². The van der Waals surface area contributed by atoms with Crippen molar-refractivity contribution in [2.75, 3.05) is 0 Å². The Morgan fingerprint density at radius 1 is 0.810 bits per heavy atom. The number of rotatable bonds is 3. The number of para-hydroxylation sites is 1. The second-order valence-corrected chi connectivity index (χ2v) is 4.69. The third kappa shape index (κ3) is 4.12. The Morgan fingerprint density at radius 3 is 2.24 bits per heavy atom. The summed E-state index contributed by atoms with van der Waals surface area (Å²) in [5, 5.41) is 1.34. The Morgan fingerprint density at radius 2 is 1.52 bits per heavy atom. The van der Waals surface area contributed by atoms with E-state index >= 15 is 0 Å². The summed E-state index contributed by atoms with van der Waals surface area (Å²) in [6, 6.07) is 17.0. The van der Waals surface area contributed by atoms with E-state index < -0.39 is 0 Å². The number of pyridine rings is 2. The van der Waals surface area contributed by atoms with Gasteiger partial charge >= 0.3 is 0 Å². The maximum atomic E-state index is 2.29. The number of hydrogen-bond acceptors (Lipinski definition) is 0. The Balaban J connectivity index is 0.00000110. The Labute approximate surface area is 159 Å². The molecule has 2 aromatic heterocycles. The molecule has 0 bridgehead atoms. The van der Waals surface area contributed by atoms with Crippen molar-refractivity contribution < 1.29 is 57.1 Å². The Kier molecular flexibility index (Phi) is 7.51. The zero-order valence-corrected chi connectivity index (χ0v) is 16.2. The van der Waals surface area contributed by atoms with Crippen LogP contribution in [0.5, 0.6) is 0 Å². The first-order chi connectivity index (χ1) is 9.38. The van der Waals surface area contributed by atoms with Gasteiger partial charge in [0.15, 0.2) is 25.1 Å². The lowest BCUT2D eigenvalue weighted by molar-refractivity contribution is -0.689. The molecule has 0 atom stereocenters. The molecule has 0 N–H and O–H groups in total. The summed E-state index contributed by atoms with van der Waals surface area (Å²) < 4.78 is 4.49. The largest absolute Gasteiger partial charge is 1.00 e. The maximum Gasteiger partial charge on any atom is 0.212 e. The first-order valence-electron chi connectivity index (χ1n) is 6.72. The molecule has 2 nitrogen and oxygen atoms in total. The van der Waals surface area contributed by atoms with E-state index in [1.165, 1.54) is 16.5 Å². The SMILES string of the molecule is CC[n+]1ccc(C[n+]2ccccc2)c2ccccc21.[I-].[I-]. The highest BCUT2D eigenvalue weighted by Crippen LogP contribution is 2.14. The molecule has 0 saturated heterocycles. The third-order valence-electron chi connectivity index (χ3n) is 3.49. The number of aryl methyl sites for hydroxylation is 1. The highest BCUT2D eigenvalue weighted by Gasteiger charge is 2.13. The van der Waals surface area contributed by atoms with Crippen LogP contribution in [-0.4, -0.2) is 0 Å². The van der Waals surface area contributed by atoms with Crippen molar-refractivity contribution in [3.05, 3.63) is 72.7 Å². The van der Waals surface area contributed by atoms with E-state index in [0.29, 0.717) is 0 Å². The van der Waals surface area contributed by atoms with Gasteiger partial charge in [-0.25, -0.2) is 4.57 Å². The first-order valence-corrected chi connectivity index (χ1v) is 6.72. The number of nitrogens with zero attached hydrogens (tertiary/aromatic N) is 2. The van der Waals surface area contributed by atoms with Crippen molar-refractivity contribution in [2.45, 2.75) is 20.0 Å². The smallest absolute Gasteiger partial charge is 0.212 e. The molecule has 0 spiro atoms. The fourth-order valence-electron chi connectivity index (χ4n) is 2.50. The minimum absolute atomic E-state index is 0. The van der Waals surface area contributed by atoms with Crippen molar-refractivity contribution >= 4 is 10.9 Å². The van der Waals surface area contributed by atoms with E-state index in [9.17, 15) is 0 Å². The average molecular weight is 504 g/mol. The molecular weight excluding hydrogens is 486 g/mol. The van der Waals surface area contributed by atoms with Crippen molar-refractivity contribution in [1.82, 2.24) is 0 Å². The summed E-state index contributed by atoms with van der Waals surface area (Å²) in [7, 11) is 0. The summed E-state index contributed by atoms with van der Waals surface area (Å²) in [6.45, 7) is 4.09. The predicted molar refractivity (Wildman–Crippen MR) is 75.6 cm³/mol. The molecule has 2 heterocycles. The quantitative estimate of drug-likeness (QED) is 0.259. The van der Waals surface area contributed by atoms with Gasteiger partial charge in [0.1, 0.15) is 6.54 Å². The van der Waals surface area contributed by atoms with Crippen LogP contribution < -0.4 is 57.1 Å². The molecule has 4 heteroatoms. The predicted octanol–water partition coefficient (Wildman–Crippen LogP) is -3.51. The standard InChI is InChI=1S/C17H18N2.2HI/c1-2-19-13-10-15(14-18-11-6-3-7-12-18)16-8-4-5-9-17(16)19;;/h3-13H,2,14H2,1H3;2*1H/q+2;;/p-2. The number of halogens is 2. The highest BCUT2D eigenvalue weighted by molar-refractivity contribution is 5.79. The summed E-state index contributed by atoms with van der Waals surface area (Å²) in [5.41, 5.74) is 2.66. The van der Waals surface area contributed by atoms with Gasteiger partial charge in [-0.15, -0.1) is 0 Å². The fourth-order valence-corrected chi connectivity index (χ4v) is 2.50.